The second-order valence-electron chi connectivity index (χ2n) is 6.95. The van der Waals surface area contributed by atoms with Gasteiger partial charge in [0.15, 0.2) is 0 Å². The molecule has 224 valence electrons. The third-order valence-corrected chi connectivity index (χ3v) is 4.37. The Morgan fingerprint density at radius 2 is 1.11 bits per heavy atom. The van der Waals surface area contributed by atoms with Crippen LogP contribution >= 0.6 is 15.9 Å². The Bertz CT molecular complexity index is 688. The van der Waals surface area contributed by atoms with Crippen LogP contribution in [-0.2, 0) is 18.9 Å². The number of halogens is 17. The van der Waals surface area contributed by atoms with Crippen molar-refractivity contribution in [3.63, 3.8) is 0 Å². The molecule has 1 atom stereocenters. The monoisotopic (exact) mass is 656 g/mol. The van der Waals surface area contributed by atoms with Gasteiger partial charge in [-0.1, -0.05) is 15.9 Å². The SMILES string of the molecule is FC(CCOCCCCBr)COCC(F)(F)OC(F)(F)C(F)(F)OC(F)(F)C(F)(F)C(F)(F)C(F)(F)F. The van der Waals surface area contributed by atoms with Gasteiger partial charge < -0.3 is 9.47 Å². The first-order valence-corrected chi connectivity index (χ1v) is 10.6. The maximum Gasteiger partial charge on any atom is 0.460 e. The Morgan fingerprint density at radius 3 is 1.59 bits per heavy atom. The number of hydrogen-bond donors (Lipinski definition) is 0. The van der Waals surface area contributed by atoms with Crippen LogP contribution in [0.5, 0.6) is 0 Å². The van der Waals surface area contributed by atoms with Gasteiger partial charge in [0, 0.05) is 25.0 Å². The second kappa shape index (κ2) is 13.0. The molecule has 0 saturated carbocycles. The van der Waals surface area contributed by atoms with E-state index in [9.17, 15) is 70.2 Å². The molecule has 0 saturated heterocycles. The number of alkyl halides is 17. The third kappa shape index (κ3) is 10.0. The molecule has 0 aliphatic rings. The topological polar surface area (TPSA) is 36.9 Å². The van der Waals surface area contributed by atoms with E-state index in [0.29, 0.717) is 18.2 Å². The number of unbranched alkanes of at least 4 members (excludes halogenated alkanes) is 1. The molecule has 37 heavy (non-hydrogen) atoms. The van der Waals surface area contributed by atoms with Crippen molar-refractivity contribution in [2.45, 2.75) is 67.9 Å². The fourth-order valence-electron chi connectivity index (χ4n) is 1.92. The van der Waals surface area contributed by atoms with Gasteiger partial charge in [-0.2, -0.15) is 65.9 Å². The van der Waals surface area contributed by atoms with Gasteiger partial charge in [-0.3, -0.25) is 0 Å². The molecule has 21 heteroatoms. The lowest BCUT2D eigenvalue weighted by Gasteiger charge is -2.36. The summed E-state index contributed by atoms with van der Waals surface area (Å²) in [5.74, 6) is -15.7. The van der Waals surface area contributed by atoms with Crippen LogP contribution in [0.1, 0.15) is 19.3 Å². The summed E-state index contributed by atoms with van der Waals surface area (Å²) in [7, 11) is 0. The van der Waals surface area contributed by atoms with Crippen LogP contribution < -0.4 is 0 Å². The lowest BCUT2D eigenvalue weighted by atomic mass is 10.1. The molecule has 0 fully saturated rings. The van der Waals surface area contributed by atoms with Crippen molar-refractivity contribution in [3.05, 3.63) is 0 Å². The van der Waals surface area contributed by atoms with E-state index in [2.05, 4.69) is 25.4 Å². The first-order valence-electron chi connectivity index (χ1n) is 9.46. The minimum absolute atomic E-state index is 0.204. The van der Waals surface area contributed by atoms with E-state index in [4.69, 9.17) is 4.74 Å². The van der Waals surface area contributed by atoms with E-state index in [-0.39, 0.29) is 13.2 Å². The van der Waals surface area contributed by atoms with E-state index in [1.165, 1.54) is 4.74 Å². The summed E-state index contributed by atoms with van der Waals surface area (Å²) < 4.78 is 219. The van der Waals surface area contributed by atoms with Crippen LogP contribution in [0, 0.1) is 0 Å². The molecule has 0 radical (unpaired) electrons. The molecule has 1 unspecified atom stereocenters. The van der Waals surface area contributed by atoms with Gasteiger partial charge in [0.25, 0.3) is 0 Å². The zero-order valence-electron chi connectivity index (χ0n) is 17.8. The van der Waals surface area contributed by atoms with Gasteiger partial charge in [-0.25, -0.2) is 13.9 Å². The predicted octanol–water partition coefficient (Wildman–Crippen LogP) is 7.16. The van der Waals surface area contributed by atoms with Crippen molar-refractivity contribution >= 4 is 15.9 Å². The van der Waals surface area contributed by atoms with Gasteiger partial charge >= 0.3 is 42.5 Å². The Hall–Kier alpha value is -0.800. The number of hydrogen-bond acceptors (Lipinski definition) is 4. The highest BCUT2D eigenvalue weighted by Crippen LogP contribution is 2.55. The Kier molecular flexibility index (Phi) is 12.8. The summed E-state index contributed by atoms with van der Waals surface area (Å²) >= 11 is 3.12. The van der Waals surface area contributed by atoms with E-state index in [1.54, 1.807) is 0 Å². The smallest absolute Gasteiger partial charge is 0.381 e. The van der Waals surface area contributed by atoms with E-state index >= 15 is 0 Å². The van der Waals surface area contributed by atoms with Crippen molar-refractivity contribution < 1.29 is 89.2 Å². The zero-order valence-corrected chi connectivity index (χ0v) is 19.4. The largest absolute Gasteiger partial charge is 0.460 e. The van der Waals surface area contributed by atoms with Crippen LogP contribution in [0.2, 0.25) is 0 Å². The molecule has 0 aromatic rings. The van der Waals surface area contributed by atoms with Crippen molar-refractivity contribution in [2.75, 3.05) is 31.8 Å². The average molecular weight is 657 g/mol. The minimum Gasteiger partial charge on any atom is -0.381 e. The summed E-state index contributed by atoms with van der Waals surface area (Å²) in [6, 6.07) is 0. The Labute approximate surface area is 205 Å². The fourth-order valence-corrected chi connectivity index (χ4v) is 2.32. The summed E-state index contributed by atoms with van der Waals surface area (Å²) in [4.78, 5) is 0. The van der Waals surface area contributed by atoms with Gasteiger partial charge in [0.2, 0.25) is 0 Å². The lowest BCUT2D eigenvalue weighted by molar-refractivity contribution is -0.543. The molecule has 0 aromatic heterocycles. The predicted molar refractivity (Wildman–Crippen MR) is 92.1 cm³/mol. The van der Waals surface area contributed by atoms with E-state index in [1.807, 2.05) is 0 Å². The Morgan fingerprint density at radius 1 is 0.595 bits per heavy atom. The summed E-state index contributed by atoms with van der Waals surface area (Å²) in [5.41, 5.74) is 0. The van der Waals surface area contributed by atoms with E-state index < -0.39 is 68.3 Å². The summed E-state index contributed by atoms with van der Waals surface area (Å²) in [6.45, 7) is -3.77. The van der Waals surface area contributed by atoms with Gasteiger partial charge in [-0.15, -0.1) is 0 Å². The normalized spacial score (nSPS) is 15.8. The molecule has 0 aliphatic carbocycles. The van der Waals surface area contributed by atoms with Gasteiger partial charge in [0.05, 0.1) is 6.61 Å². The lowest BCUT2D eigenvalue weighted by Crippen LogP contribution is -2.64. The fraction of sp³-hybridized carbons (Fsp3) is 1.00. The van der Waals surface area contributed by atoms with Crippen molar-refractivity contribution in [1.82, 2.24) is 0 Å². The second-order valence-corrected chi connectivity index (χ2v) is 7.74. The molecular formula is C16H17BrF16O4. The highest BCUT2D eigenvalue weighted by molar-refractivity contribution is 9.09. The van der Waals surface area contributed by atoms with Crippen molar-refractivity contribution in [2.24, 2.45) is 0 Å². The molecule has 0 N–H and O–H groups in total. The number of ether oxygens (including phenoxy) is 4. The highest BCUT2D eigenvalue weighted by atomic mass is 79.9. The molecule has 0 aromatic carbocycles. The molecule has 0 spiro atoms. The molecule has 4 nitrogen and oxygen atoms in total. The maximum atomic E-state index is 13.5. The first-order chi connectivity index (χ1) is 16.4. The molecule has 0 rings (SSSR count). The Balaban J connectivity index is 5.11. The first kappa shape index (κ1) is 36.2. The van der Waals surface area contributed by atoms with Crippen molar-refractivity contribution in [3.8, 4) is 0 Å². The van der Waals surface area contributed by atoms with Gasteiger partial charge in [-0.05, 0) is 12.8 Å². The van der Waals surface area contributed by atoms with Crippen molar-refractivity contribution in [1.29, 1.82) is 0 Å². The van der Waals surface area contributed by atoms with Crippen LogP contribution in [-0.4, -0.2) is 80.4 Å². The average Bonchev–Trinajstić information content (AvgIpc) is 2.67. The molecule has 0 amide bonds. The van der Waals surface area contributed by atoms with Gasteiger partial charge in [0.1, 0.15) is 12.8 Å². The number of rotatable bonds is 18. The zero-order chi connectivity index (χ0) is 29.6. The van der Waals surface area contributed by atoms with Crippen LogP contribution in [0.15, 0.2) is 0 Å². The van der Waals surface area contributed by atoms with Crippen LogP contribution in [0.4, 0.5) is 70.2 Å². The molecule has 0 bridgehead atoms. The quantitative estimate of drug-likeness (QED) is 0.0892. The minimum atomic E-state index is -7.93. The van der Waals surface area contributed by atoms with Crippen LogP contribution in [0.3, 0.4) is 0 Å². The molecular weight excluding hydrogens is 640 g/mol. The van der Waals surface area contributed by atoms with Crippen LogP contribution in [0.25, 0.3) is 0 Å². The molecule has 0 heterocycles. The highest BCUT2D eigenvalue weighted by Gasteiger charge is 2.85. The van der Waals surface area contributed by atoms with E-state index in [0.717, 1.165) is 0 Å². The summed E-state index contributed by atoms with van der Waals surface area (Å²) in [6.07, 6.45) is -36.5. The molecule has 0 aliphatic heterocycles. The standard InChI is InChI=1S/C16H17BrF16O4/c17-4-1-2-5-34-6-3-9(18)7-35-8-10(19,20)36-15(30,31)16(32,33)37-14(28,29)12(23,24)11(21,22)13(25,26)27/h9H,1-8H2. The maximum absolute atomic E-state index is 13.5. The third-order valence-electron chi connectivity index (χ3n) is 3.81. The summed E-state index contributed by atoms with van der Waals surface area (Å²) in [5, 5.41) is 0.659.